The maximum absolute atomic E-state index is 11.9. The number of ketones is 2. The van der Waals surface area contributed by atoms with Gasteiger partial charge in [-0.05, 0) is 18.3 Å². The van der Waals surface area contributed by atoms with Gasteiger partial charge in [-0.15, -0.1) is 0 Å². The molecule has 2 aliphatic carbocycles. The molecule has 0 spiro atoms. The van der Waals surface area contributed by atoms with Crippen LogP contribution in [0, 0.1) is 16.7 Å². The molecule has 0 aromatic rings. The summed E-state index contributed by atoms with van der Waals surface area (Å²) < 4.78 is 30.9. The minimum atomic E-state index is -4.25. The Hall–Kier alpha value is -0.790. The van der Waals surface area contributed by atoms with Crippen LogP contribution in [0.25, 0.3) is 0 Å². The van der Waals surface area contributed by atoms with Crippen LogP contribution in [0.15, 0.2) is 0 Å². The van der Waals surface area contributed by atoms with Gasteiger partial charge >= 0.3 is 0 Å². The Morgan fingerprint density at radius 1 is 1.35 bits per heavy atom. The molecule has 0 heterocycles. The molecular weight excluding hydrogens is 248 g/mol. The molecule has 0 aromatic heterocycles. The molecule has 98 valence electrons. The molecule has 17 heavy (non-hydrogen) atoms. The molecule has 2 saturated carbocycles. The van der Waals surface area contributed by atoms with Crippen LogP contribution < -0.4 is 0 Å². The van der Waals surface area contributed by atoms with Crippen molar-refractivity contribution >= 4 is 21.7 Å². The van der Waals surface area contributed by atoms with Crippen molar-refractivity contribution in [2.45, 2.75) is 26.7 Å². The van der Waals surface area contributed by atoms with Gasteiger partial charge < -0.3 is 5.48 Å². The first kappa shape index (κ1) is 14.3. The Kier molecular flexibility index (Phi) is 3.02. The number of hydrogen-bond donors (Lipinski definition) is 1. The van der Waals surface area contributed by atoms with Gasteiger partial charge in [0.1, 0.15) is 0 Å². The maximum Gasteiger partial charge on any atom is 0.265 e. The molecule has 2 bridgehead atoms. The SMILES string of the molecule is CC1(C)[C@@H]2CC[C@@]1(CS(=O)(=O)O)C(=O)C2=O.O. The lowest BCUT2D eigenvalue weighted by Crippen LogP contribution is -2.43. The highest BCUT2D eigenvalue weighted by atomic mass is 32.2. The summed E-state index contributed by atoms with van der Waals surface area (Å²) in [4.78, 5) is 23.5. The van der Waals surface area contributed by atoms with Crippen LogP contribution in [0.4, 0.5) is 0 Å². The first-order valence-electron chi connectivity index (χ1n) is 5.16. The molecular formula is C10H16O6S. The average molecular weight is 264 g/mol. The number of Topliss-reactive ketones (excluding diaryl/α,β-unsaturated/α-hetero) is 2. The standard InChI is InChI=1S/C10H14O5S.H2O/c1-9(2)6-3-4-10(9,5-16(13,14)15)8(12)7(6)11;/h6H,3-5H2,1-2H3,(H,13,14,15);1H2/t6-,10-;/m1./s1. The topological polar surface area (TPSA) is 120 Å². The summed E-state index contributed by atoms with van der Waals surface area (Å²) in [7, 11) is -4.25. The predicted molar refractivity (Wildman–Crippen MR) is 59.0 cm³/mol. The number of carbonyl (C=O) groups is 2. The van der Waals surface area contributed by atoms with Gasteiger partial charge in [-0.3, -0.25) is 14.1 Å². The summed E-state index contributed by atoms with van der Waals surface area (Å²) >= 11 is 0. The van der Waals surface area contributed by atoms with E-state index in [0.29, 0.717) is 12.8 Å². The summed E-state index contributed by atoms with van der Waals surface area (Å²) in [5, 5.41) is 0. The van der Waals surface area contributed by atoms with E-state index in [-0.39, 0.29) is 11.4 Å². The predicted octanol–water partition coefficient (Wildman–Crippen LogP) is -0.376. The summed E-state index contributed by atoms with van der Waals surface area (Å²) in [6, 6.07) is 0. The van der Waals surface area contributed by atoms with Gasteiger partial charge in [0.25, 0.3) is 10.1 Å². The minimum absolute atomic E-state index is 0. The third-order valence-electron chi connectivity index (χ3n) is 4.37. The molecule has 3 N–H and O–H groups in total. The molecule has 2 aliphatic rings. The molecule has 0 radical (unpaired) electrons. The molecule has 7 heteroatoms. The second kappa shape index (κ2) is 3.60. The van der Waals surface area contributed by atoms with Gasteiger partial charge in [0.05, 0.1) is 11.2 Å². The Balaban J connectivity index is 0.00000144. The van der Waals surface area contributed by atoms with Crippen molar-refractivity contribution in [2.24, 2.45) is 16.7 Å². The van der Waals surface area contributed by atoms with Crippen LogP contribution in [-0.2, 0) is 19.7 Å². The van der Waals surface area contributed by atoms with Gasteiger partial charge in [0, 0.05) is 5.92 Å². The van der Waals surface area contributed by atoms with Gasteiger partial charge in [0.2, 0.25) is 11.6 Å². The van der Waals surface area contributed by atoms with Crippen molar-refractivity contribution in [1.29, 1.82) is 0 Å². The largest absolute Gasteiger partial charge is 0.412 e. The molecule has 0 saturated heterocycles. The van der Waals surface area contributed by atoms with Gasteiger partial charge in [-0.2, -0.15) is 8.42 Å². The van der Waals surface area contributed by atoms with Crippen molar-refractivity contribution in [1.82, 2.24) is 0 Å². The summed E-state index contributed by atoms with van der Waals surface area (Å²) in [5.41, 5.74) is -1.88. The molecule has 2 atom stereocenters. The third kappa shape index (κ3) is 1.64. The Morgan fingerprint density at radius 3 is 2.24 bits per heavy atom. The molecule has 0 aliphatic heterocycles. The lowest BCUT2D eigenvalue weighted by molar-refractivity contribution is -0.141. The van der Waals surface area contributed by atoms with Gasteiger partial charge in [0.15, 0.2) is 0 Å². The maximum atomic E-state index is 11.9. The van der Waals surface area contributed by atoms with Gasteiger partial charge in [-0.25, -0.2) is 0 Å². The summed E-state index contributed by atoms with van der Waals surface area (Å²) in [6.45, 7) is 3.47. The van der Waals surface area contributed by atoms with E-state index in [4.69, 9.17) is 4.55 Å². The van der Waals surface area contributed by atoms with Crippen molar-refractivity contribution in [3.05, 3.63) is 0 Å². The Labute approximate surface area is 99.4 Å². The van der Waals surface area contributed by atoms with Crippen LogP contribution in [0.5, 0.6) is 0 Å². The van der Waals surface area contributed by atoms with Crippen molar-refractivity contribution in [3.63, 3.8) is 0 Å². The van der Waals surface area contributed by atoms with Crippen molar-refractivity contribution in [3.8, 4) is 0 Å². The van der Waals surface area contributed by atoms with E-state index in [0.717, 1.165) is 0 Å². The van der Waals surface area contributed by atoms with E-state index >= 15 is 0 Å². The number of fused-ring (bicyclic) bond motifs is 2. The molecule has 0 unspecified atom stereocenters. The van der Waals surface area contributed by atoms with Gasteiger partial charge in [-0.1, -0.05) is 13.8 Å². The van der Waals surface area contributed by atoms with E-state index in [1.165, 1.54) is 0 Å². The molecule has 6 nitrogen and oxygen atoms in total. The quantitative estimate of drug-likeness (QED) is 0.538. The average Bonchev–Trinajstić information content (AvgIpc) is 2.39. The van der Waals surface area contributed by atoms with E-state index in [2.05, 4.69) is 0 Å². The summed E-state index contributed by atoms with van der Waals surface area (Å²) in [6.07, 6.45) is 0.905. The first-order valence-corrected chi connectivity index (χ1v) is 6.76. The van der Waals surface area contributed by atoms with Crippen LogP contribution in [0.2, 0.25) is 0 Å². The smallest absolute Gasteiger partial charge is 0.265 e. The lowest BCUT2D eigenvalue weighted by Gasteiger charge is -2.34. The molecule has 2 fully saturated rings. The monoisotopic (exact) mass is 264 g/mol. The Bertz CT molecular complexity index is 477. The molecule has 0 aromatic carbocycles. The van der Waals surface area contributed by atoms with Crippen LogP contribution in [0.1, 0.15) is 26.7 Å². The zero-order valence-corrected chi connectivity index (χ0v) is 10.5. The minimum Gasteiger partial charge on any atom is -0.412 e. The van der Waals surface area contributed by atoms with Crippen LogP contribution >= 0.6 is 0 Å². The zero-order chi connectivity index (χ0) is 12.4. The Morgan fingerprint density at radius 2 is 1.88 bits per heavy atom. The highest BCUT2D eigenvalue weighted by molar-refractivity contribution is 7.85. The number of hydrogen-bond acceptors (Lipinski definition) is 4. The fraction of sp³-hybridized carbons (Fsp3) is 0.800. The third-order valence-corrected chi connectivity index (χ3v) is 5.23. The first-order chi connectivity index (χ1) is 7.12. The van der Waals surface area contributed by atoms with Crippen molar-refractivity contribution in [2.75, 3.05) is 5.75 Å². The lowest BCUT2D eigenvalue weighted by atomic mass is 9.70. The highest BCUT2D eigenvalue weighted by Crippen LogP contribution is 2.62. The second-order valence-corrected chi connectivity index (χ2v) is 6.77. The number of carbonyl (C=O) groups excluding carboxylic acids is 2. The van der Waals surface area contributed by atoms with Crippen LogP contribution in [0.3, 0.4) is 0 Å². The van der Waals surface area contributed by atoms with E-state index in [9.17, 15) is 18.0 Å². The van der Waals surface area contributed by atoms with E-state index in [1.807, 2.05) is 0 Å². The fourth-order valence-corrected chi connectivity index (χ4v) is 4.57. The fourth-order valence-electron chi connectivity index (χ4n) is 3.30. The van der Waals surface area contributed by atoms with E-state index < -0.39 is 38.3 Å². The normalized spacial score (nSPS) is 34.9. The summed E-state index contributed by atoms with van der Waals surface area (Å²) in [5.74, 6) is -2.11. The molecule has 2 rings (SSSR count). The number of rotatable bonds is 2. The molecule has 0 amide bonds. The second-order valence-electron chi connectivity index (χ2n) is 5.31. The van der Waals surface area contributed by atoms with E-state index in [1.54, 1.807) is 13.8 Å². The van der Waals surface area contributed by atoms with Crippen LogP contribution in [-0.4, -0.2) is 35.8 Å². The zero-order valence-electron chi connectivity index (χ0n) is 9.69. The van der Waals surface area contributed by atoms with Crippen molar-refractivity contribution < 1.29 is 28.0 Å². The highest BCUT2D eigenvalue weighted by Gasteiger charge is 2.69.